The van der Waals surface area contributed by atoms with Gasteiger partial charge < -0.3 is 9.47 Å². The van der Waals surface area contributed by atoms with E-state index < -0.39 is 5.60 Å². The lowest BCUT2D eigenvalue weighted by molar-refractivity contribution is 0.171. The van der Waals surface area contributed by atoms with Crippen LogP contribution in [-0.2, 0) is 8.67 Å². The van der Waals surface area contributed by atoms with Crippen molar-refractivity contribution in [1.82, 2.24) is 0 Å². The Morgan fingerprint density at radius 2 is 1.12 bits per heavy atom. The number of ether oxygens (including phenoxy) is 2. The largest absolute Gasteiger partial charge is 0.494 e. The zero-order valence-corrected chi connectivity index (χ0v) is 17.4. The number of hydrogen-bond donors (Lipinski definition) is 0. The van der Waals surface area contributed by atoms with Crippen LogP contribution in [0.1, 0.15) is 51.2 Å². The second-order valence-corrected chi connectivity index (χ2v) is 6.44. The summed E-state index contributed by atoms with van der Waals surface area (Å²) in [5.41, 5.74) is 1.76. The molecule has 0 unspecified atom stereocenters. The van der Waals surface area contributed by atoms with Gasteiger partial charge in [0.1, 0.15) is 40.1 Å². The maximum absolute atomic E-state index is 5.99. The molecule has 2 aromatic rings. The summed E-state index contributed by atoms with van der Waals surface area (Å²) < 4.78 is 17.4. The minimum absolute atomic E-state index is 0.479. The molecule has 0 fully saturated rings. The monoisotopic (exact) mass is 454 g/mol. The van der Waals surface area contributed by atoms with Gasteiger partial charge in [0.05, 0.1) is 13.2 Å². The van der Waals surface area contributed by atoms with Crippen LogP contribution in [0.3, 0.4) is 0 Å². The fourth-order valence-electron chi connectivity index (χ4n) is 2.80. The molecule has 2 rings (SSSR count). The van der Waals surface area contributed by atoms with Crippen molar-refractivity contribution in [3.8, 4) is 11.5 Å². The van der Waals surface area contributed by atoms with Crippen LogP contribution in [0, 0.1) is 0 Å². The molecule has 0 atom stereocenters. The van der Waals surface area contributed by atoms with Crippen LogP contribution in [-0.4, -0.2) is 13.2 Å². The predicted molar refractivity (Wildman–Crippen MR) is 111 cm³/mol. The van der Waals surface area contributed by atoms with Crippen molar-refractivity contribution in [2.24, 2.45) is 0 Å². The third-order valence-electron chi connectivity index (χ3n) is 4.22. The molecule has 0 saturated carbocycles. The normalized spacial score (nSPS) is 11.4. The maximum atomic E-state index is 5.99. The zero-order chi connectivity index (χ0) is 18.1. The Labute approximate surface area is 165 Å². The van der Waals surface area contributed by atoms with Gasteiger partial charge in [-0.05, 0) is 54.7 Å². The first kappa shape index (κ1) is 20.0. The molecule has 136 valence electrons. The highest BCUT2D eigenvalue weighted by Gasteiger charge is 2.33. The Kier molecular flexibility index (Phi) is 8.03. The summed E-state index contributed by atoms with van der Waals surface area (Å²) in [6, 6.07) is 16.4. The Bertz CT molecular complexity index is 565. The minimum atomic E-state index is -0.479. The third kappa shape index (κ3) is 4.88. The maximum Gasteiger partial charge on any atom is 0.130 e. The molecule has 25 heavy (non-hydrogen) atoms. The van der Waals surface area contributed by atoms with Crippen LogP contribution in [0.5, 0.6) is 11.5 Å². The van der Waals surface area contributed by atoms with Gasteiger partial charge in [-0.1, -0.05) is 45.0 Å². The molecule has 0 aliphatic rings. The first-order valence-corrected chi connectivity index (χ1v) is 9.84. The van der Waals surface area contributed by atoms with E-state index in [1.165, 1.54) is 0 Å². The third-order valence-corrected chi connectivity index (χ3v) is 4.97. The van der Waals surface area contributed by atoms with Crippen molar-refractivity contribution in [3.63, 3.8) is 0 Å². The number of halogens is 1. The molecule has 4 heteroatoms. The first-order valence-electron chi connectivity index (χ1n) is 8.96. The summed E-state index contributed by atoms with van der Waals surface area (Å²) in [4.78, 5) is 0. The standard InChI is InChI=1S/C21H27IO3/c1-4-15-23-19-11-7-17(8-12-19)21(6-3,25-22)18-9-13-20(14-10-18)24-16-5-2/h7-14H,4-6,15-16H2,1-3H3. The predicted octanol–water partition coefficient (Wildman–Crippen LogP) is 6.28. The highest BCUT2D eigenvalue weighted by molar-refractivity contribution is 14.1. The van der Waals surface area contributed by atoms with Crippen molar-refractivity contribution < 1.29 is 12.5 Å². The van der Waals surface area contributed by atoms with Gasteiger partial charge in [-0.15, -0.1) is 0 Å². The van der Waals surface area contributed by atoms with Crippen LogP contribution in [0.15, 0.2) is 48.5 Å². The minimum Gasteiger partial charge on any atom is -0.494 e. The summed E-state index contributed by atoms with van der Waals surface area (Å²) in [5, 5.41) is 0. The van der Waals surface area contributed by atoms with Crippen LogP contribution < -0.4 is 9.47 Å². The first-order chi connectivity index (χ1) is 12.2. The fourth-order valence-corrected chi connectivity index (χ4v) is 3.62. The molecule has 0 radical (unpaired) electrons. The molecule has 3 nitrogen and oxygen atoms in total. The lowest BCUT2D eigenvalue weighted by Gasteiger charge is -2.31. The summed E-state index contributed by atoms with van der Waals surface area (Å²) >= 11 is 2.01. The number of benzene rings is 2. The van der Waals surface area contributed by atoms with E-state index in [1.54, 1.807) is 0 Å². The topological polar surface area (TPSA) is 27.7 Å². The van der Waals surface area contributed by atoms with E-state index in [-0.39, 0.29) is 0 Å². The lowest BCUT2D eigenvalue weighted by Crippen LogP contribution is -2.27. The molecule has 0 heterocycles. The summed E-state index contributed by atoms with van der Waals surface area (Å²) in [5.74, 6) is 1.79. The van der Waals surface area contributed by atoms with Gasteiger partial charge in [0.2, 0.25) is 0 Å². The zero-order valence-electron chi connectivity index (χ0n) is 15.3. The van der Waals surface area contributed by atoms with E-state index in [2.05, 4.69) is 45.0 Å². The van der Waals surface area contributed by atoms with Gasteiger partial charge in [-0.3, -0.25) is 3.07 Å². The van der Waals surface area contributed by atoms with Crippen LogP contribution in [0.2, 0.25) is 0 Å². The lowest BCUT2D eigenvalue weighted by atomic mass is 9.84. The average Bonchev–Trinajstić information content (AvgIpc) is 2.68. The van der Waals surface area contributed by atoms with E-state index in [9.17, 15) is 0 Å². The van der Waals surface area contributed by atoms with E-state index in [0.717, 1.165) is 55.1 Å². The molecule has 0 aliphatic heterocycles. The van der Waals surface area contributed by atoms with Crippen molar-refractivity contribution in [3.05, 3.63) is 59.7 Å². The number of hydrogen-bond acceptors (Lipinski definition) is 3. The molecule has 0 aromatic heterocycles. The van der Waals surface area contributed by atoms with Gasteiger partial charge in [0.25, 0.3) is 0 Å². The van der Waals surface area contributed by atoms with Crippen molar-refractivity contribution >= 4 is 23.0 Å². The highest BCUT2D eigenvalue weighted by atomic mass is 127. The van der Waals surface area contributed by atoms with Gasteiger partial charge in [0, 0.05) is 0 Å². The van der Waals surface area contributed by atoms with E-state index in [0.29, 0.717) is 0 Å². The molecule has 0 N–H and O–H groups in total. The summed E-state index contributed by atoms with van der Waals surface area (Å²) in [6.07, 6.45) is 2.84. The molecular formula is C21H27IO3. The Balaban J connectivity index is 2.27. The Hall–Kier alpha value is -1.27. The molecule has 0 spiro atoms. The van der Waals surface area contributed by atoms with E-state index in [1.807, 2.05) is 47.3 Å². The molecule has 0 saturated heterocycles. The van der Waals surface area contributed by atoms with Crippen molar-refractivity contribution in [2.45, 2.75) is 45.6 Å². The van der Waals surface area contributed by atoms with Crippen LogP contribution in [0.4, 0.5) is 0 Å². The van der Waals surface area contributed by atoms with Crippen molar-refractivity contribution in [1.29, 1.82) is 0 Å². The number of rotatable bonds is 10. The van der Waals surface area contributed by atoms with Gasteiger partial charge >= 0.3 is 0 Å². The van der Waals surface area contributed by atoms with Gasteiger partial charge in [0.15, 0.2) is 0 Å². The van der Waals surface area contributed by atoms with Crippen molar-refractivity contribution in [2.75, 3.05) is 13.2 Å². The second-order valence-electron chi connectivity index (χ2n) is 6.00. The average molecular weight is 454 g/mol. The molecule has 2 aromatic carbocycles. The second kappa shape index (κ2) is 10.0. The molecular weight excluding hydrogens is 427 g/mol. The fraction of sp³-hybridized carbons (Fsp3) is 0.429. The smallest absolute Gasteiger partial charge is 0.130 e. The van der Waals surface area contributed by atoms with Crippen LogP contribution in [0.25, 0.3) is 0 Å². The highest BCUT2D eigenvalue weighted by Crippen LogP contribution is 2.40. The summed E-state index contributed by atoms with van der Waals surface area (Å²) in [7, 11) is 0. The van der Waals surface area contributed by atoms with Gasteiger partial charge in [-0.2, -0.15) is 0 Å². The van der Waals surface area contributed by atoms with Gasteiger partial charge in [-0.25, -0.2) is 0 Å². The molecule has 0 aliphatic carbocycles. The van der Waals surface area contributed by atoms with E-state index >= 15 is 0 Å². The Morgan fingerprint density at radius 3 is 1.40 bits per heavy atom. The van der Waals surface area contributed by atoms with E-state index in [4.69, 9.17) is 12.5 Å². The molecule has 0 bridgehead atoms. The molecule has 0 amide bonds. The summed E-state index contributed by atoms with van der Waals surface area (Å²) in [6.45, 7) is 7.82. The SMILES string of the molecule is CCCOc1ccc(C(CC)(OI)c2ccc(OCCC)cc2)cc1. The quantitative estimate of drug-likeness (QED) is 0.396. The Morgan fingerprint density at radius 1 is 0.720 bits per heavy atom. The van der Waals surface area contributed by atoms with Crippen LogP contribution >= 0.6 is 23.0 Å².